The molecule has 0 radical (unpaired) electrons. The fraction of sp³-hybridized carbons (Fsp3) is 0.667. The Bertz CT molecular complexity index is 359. The number of rotatable bonds is 4. The lowest BCUT2D eigenvalue weighted by molar-refractivity contribution is 0.0212. The van der Waals surface area contributed by atoms with Crippen LogP contribution >= 0.6 is 0 Å². The highest BCUT2D eigenvalue weighted by molar-refractivity contribution is 5.31. The van der Waals surface area contributed by atoms with E-state index in [1.807, 2.05) is 13.0 Å². The van der Waals surface area contributed by atoms with Crippen LogP contribution in [0.3, 0.4) is 0 Å². The lowest BCUT2D eigenvalue weighted by atomic mass is 10.1. The molecule has 0 spiro atoms. The first-order valence-corrected chi connectivity index (χ1v) is 6.06. The maximum absolute atomic E-state index is 8.75. The molecule has 5 heteroatoms. The van der Waals surface area contributed by atoms with Crippen LogP contribution in [0.5, 0.6) is 0 Å². The van der Waals surface area contributed by atoms with Crippen molar-refractivity contribution in [2.24, 2.45) is 0 Å². The zero-order chi connectivity index (χ0) is 12.1. The first-order chi connectivity index (χ1) is 8.29. The quantitative estimate of drug-likeness (QED) is 0.838. The summed E-state index contributed by atoms with van der Waals surface area (Å²) in [6, 6.07) is 1.90. The van der Waals surface area contributed by atoms with E-state index < -0.39 is 0 Å². The number of hydrogen-bond donors (Lipinski definition) is 1. The number of hydrogen-bond acceptors (Lipinski definition) is 5. The summed E-state index contributed by atoms with van der Waals surface area (Å²) in [5, 5.41) is 8.75. The standard InChI is InChI=1S/C12H19N3O2/c1-10-4-5-13-12(14-10)15-6-2-3-11(9-15)17-8-7-16/h4-5,11,16H,2-3,6-9H2,1H3. The van der Waals surface area contributed by atoms with E-state index in [1.54, 1.807) is 6.20 Å². The molecule has 0 bridgehead atoms. The molecule has 17 heavy (non-hydrogen) atoms. The SMILES string of the molecule is Cc1ccnc(N2CCCC(OCCO)C2)n1. The summed E-state index contributed by atoms with van der Waals surface area (Å²) in [6.45, 7) is 4.24. The highest BCUT2D eigenvalue weighted by Gasteiger charge is 2.21. The Morgan fingerprint density at radius 2 is 2.47 bits per heavy atom. The van der Waals surface area contributed by atoms with Crippen molar-refractivity contribution in [3.8, 4) is 0 Å². The van der Waals surface area contributed by atoms with Crippen molar-refractivity contribution >= 4 is 5.95 Å². The molecule has 1 saturated heterocycles. The van der Waals surface area contributed by atoms with Crippen molar-refractivity contribution in [2.75, 3.05) is 31.2 Å². The van der Waals surface area contributed by atoms with Crippen molar-refractivity contribution in [3.63, 3.8) is 0 Å². The minimum atomic E-state index is 0.0808. The Hall–Kier alpha value is -1.20. The lowest BCUT2D eigenvalue weighted by Gasteiger charge is -2.32. The molecule has 1 fully saturated rings. The van der Waals surface area contributed by atoms with E-state index in [4.69, 9.17) is 9.84 Å². The van der Waals surface area contributed by atoms with Crippen LogP contribution in [-0.4, -0.2) is 47.5 Å². The predicted molar refractivity (Wildman–Crippen MR) is 65.0 cm³/mol. The normalized spacial score (nSPS) is 20.6. The van der Waals surface area contributed by atoms with Crippen LogP contribution < -0.4 is 4.90 Å². The monoisotopic (exact) mass is 237 g/mol. The minimum absolute atomic E-state index is 0.0808. The van der Waals surface area contributed by atoms with Crippen LogP contribution in [-0.2, 0) is 4.74 Å². The van der Waals surface area contributed by atoms with Gasteiger partial charge in [-0.3, -0.25) is 0 Å². The highest BCUT2D eigenvalue weighted by atomic mass is 16.5. The molecule has 1 aliphatic heterocycles. The van der Waals surface area contributed by atoms with Gasteiger partial charge in [-0.2, -0.15) is 0 Å². The Morgan fingerprint density at radius 1 is 1.59 bits per heavy atom. The van der Waals surface area contributed by atoms with Gasteiger partial charge in [-0.05, 0) is 25.8 Å². The molecular weight excluding hydrogens is 218 g/mol. The van der Waals surface area contributed by atoms with Gasteiger partial charge in [0.25, 0.3) is 0 Å². The van der Waals surface area contributed by atoms with Gasteiger partial charge < -0.3 is 14.7 Å². The lowest BCUT2D eigenvalue weighted by Crippen LogP contribution is -2.41. The van der Waals surface area contributed by atoms with Gasteiger partial charge >= 0.3 is 0 Å². The van der Waals surface area contributed by atoms with E-state index in [0.29, 0.717) is 6.61 Å². The predicted octanol–water partition coefficient (Wildman–Crippen LogP) is 0.763. The summed E-state index contributed by atoms with van der Waals surface area (Å²) in [5.41, 5.74) is 0.980. The molecule has 1 aromatic heterocycles. The Morgan fingerprint density at radius 3 is 3.24 bits per heavy atom. The molecule has 1 aliphatic rings. The van der Waals surface area contributed by atoms with Gasteiger partial charge in [0.1, 0.15) is 0 Å². The smallest absolute Gasteiger partial charge is 0.225 e. The molecule has 0 aromatic carbocycles. The van der Waals surface area contributed by atoms with Gasteiger partial charge in [0.2, 0.25) is 5.95 Å². The van der Waals surface area contributed by atoms with Gasteiger partial charge in [0, 0.05) is 25.0 Å². The molecular formula is C12H19N3O2. The summed E-state index contributed by atoms with van der Waals surface area (Å²) in [6.07, 6.45) is 4.09. The second-order valence-electron chi connectivity index (χ2n) is 4.30. The van der Waals surface area contributed by atoms with Crippen LogP contribution in [0.25, 0.3) is 0 Å². The first kappa shape index (κ1) is 12.3. The van der Waals surface area contributed by atoms with E-state index in [2.05, 4.69) is 14.9 Å². The zero-order valence-electron chi connectivity index (χ0n) is 10.2. The number of nitrogens with zero attached hydrogens (tertiary/aromatic N) is 3. The van der Waals surface area contributed by atoms with Crippen molar-refractivity contribution in [3.05, 3.63) is 18.0 Å². The van der Waals surface area contributed by atoms with Gasteiger partial charge in [-0.15, -0.1) is 0 Å². The van der Waals surface area contributed by atoms with Crippen LogP contribution in [0.4, 0.5) is 5.95 Å². The topological polar surface area (TPSA) is 58.5 Å². The molecule has 1 N–H and O–H groups in total. The van der Waals surface area contributed by atoms with Gasteiger partial charge in [-0.25, -0.2) is 9.97 Å². The molecule has 5 nitrogen and oxygen atoms in total. The number of aliphatic hydroxyl groups excluding tert-OH is 1. The Balaban J connectivity index is 1.97. The minimum Gasteiger partial charge on any atom is -0.394 e. The maximum Gasteiger partial charge on any atom is 0.225 e. The third-order valence-electron chi connectivity index (χ3n) is 2.89. The van der Waals surface area contributed by atoms with Crippen molar-refractivity contribution in [1.82, 2.24) is 9.97 Å². The second kappa shape index (κ2) is 5.93. The molecule has 0 saturated carbocycles. The number of aliphatic hydroxyl groups is 1. The number of aromatic nitrogens is 2. The van der Waals surface area contributed by atoms with E-state index >= 15 is 0 Å². The van der Waals surface area contributed by atoms with Gasteiger partial charge in [-0.1, -0.05) is 0 Å². The summed E-state index contributed by atoms with van der Waals surface area (Å²) in [4.78, 5) is 10.9. The number of ether oxygens (including phenoxy) is 1. The van der Waals surface area contributed by atoms with Crippen LogP contribution in [0.2, 0.25) is 0 Å². The third-order valence-corrected chi connectivity index (χ3v) is 2.89. The third kappa shape index (κ3) is 3.38. The first-order valence-electron chi connectivity index (χ1n) is 6.06. The average molecular weight is 237 g/mol. The van der Waals surface area contributed by atoms with Gasteiger partial charge in [0.15, 0.2) is 0 Å². The highest BCUT2D eigenvalue weighted by Crippen LogP contribution is 2.17. The largest absolute Gasteiger partial charge is 0.394 e. The van der Waals surface area contributed by atoms with Crippen LogP contribution in [0.1, 0.15) is 18.5 Å². The fourth-order valence-electron chi connectivity index (χ4n) is 2.06. The molecule has 1 aromatic rings. The summed E-state index contributed by atoms with van der Waals surface area (Å²) in [5.74, 6) is 0.780. The molecule has 2 rings (SSSR count). The molecule has 1 atom stereocenters. The molecule has 0 aliphatic carbocycles. The van der Waals surface area contributed by atoms with E-state index in [1.165, 1.54) is 0 Å². The second-order valence-corrected chi connectivity index (χ2v) is 4.30. The summed E-state index contributed by atoms with van der Waals surface area (Å²) in [7, 11) is 0. The molecule has 0 amide bonds. The Labute approximate surface area is 101 Å². The number of anilines is 1. The summed E-state index contributed by atoms with van der Waals surface area (Å²) >= 11 is 0. The molecule has 94 valence electrons. The fourth-order valence-corrected chi connectivity index (χ4v) is 2.06. The maximum atomic E-state index is 8.75. The summed E-state index contributed by atoms with van der Waals surface area (Å²) < 4.78 is 5.57. The number of aryl methyl sites for hydroxylation is 1. The van der Waals surface area contributed by atoms with E-state index in [-0.39, 0.29) is 12.7 Å². The van der Waals surface area contributed by atoms with Crippen molar-refractivity contribution in [1.29, 1.82) is 0 Å². The van der Waals surface area contributed by atoms with Crippen LogP contribution in [0, 0.1) is 6.92 Å². The zero-order valence-corrected chi connectivity index (χ0v) is 10.2. The molecule has 1 unspecified atom stereocenters. The van der Waals surface area contributed by atoms with Gasteiger partial charge in [0.05, 0.1) is 19.3 Å². The van der Waals surface area contributed by atoms with Crippen LogP contribution in [0.15, 0.2) is 12.3 Å². The molecule has 2 heterocycles. The van der Waals surface area contributed by atoms with Crippen molar-refractivity contribution in [2.45, 2.75) is 25.9 Å². The average Bonchev–Trinajstić information content (AvgIpc) is 2.37. The van der Waals surface area contributed by atoms with Crippen molar-refractivity contribution < 1.29 is 9.84 Å². The van der Waals surface area contributed by atoms with E-state index in [9.17, 15) is 0 Å². The Kier molecular flexibility index (Phi) is 4.28. The number of piperidine rings is 1. The van der Waals surface area contributed by atoms with E-state index in [0.717, 1.165) is 37.6 Å².